The summed E-state index contributed by atoms with van der Waals surface area (Å²) in [5.74, 6) is 1.75. The molecule has 0 saturated carbocycles. The normalized spacial score (nSPS) is 11.5. The van der Waals surface area contributed by atoms with Crippen molar-refractivity contribution in [2.45, 2.75) is 0 Å². The van der Waals surface area contributed by atoms with Gasteiger partial charge in [0.25, 0.3) is 0 Å². The number of rotatable bonds is 7. The molecule has 5 heteroatoms. The van der Waals surface area contributed by atoms with Crippen LogP contribution in [0.3, 0.4) is 0 Å². The molecule has 0 saturated heterocycles. The van der Waals surface area contributed by atoms with Crippen molar-refractivity contribution in [1.82, 2.24) is 24.1 Å². The average molecular weight is 792 g/mol. The van der Waals surface area contributed by atoms with Gasteiger partial charge in [0.1, 0.15) is 0 Å². The van der Waals surface area contributed by atoms with E-state index in [1.807, 2.05) is 6.07 Å². The lowest BCUT2D eigenvalue weighted by Crippen LogP contribution is -2.08. The Morgan fingerprint density at radius 3 is 1.32 bits per heavy atom. The second kappa shape index (κ2) is 14.7. The van der Waals surface area contributed by atoms with Crippen LogP contribution < -0.4 is 0 Å². The summed E-state index contributed by atoms with van der Waals surface area (Å²) in [6.07, 6.45) is 0. The highest BCUT2D eigenvalue weighted by Crippen LogP contribution is 2.40. The van der Waals surface area contributed by atoms with Crippen LogP contribution in [0.2, 0.25) is 0 Å². The summed E-state index contributed by atoms with van der Waals surface area (Å²) in [7, 11) is 0. The molecule has 12 rings (SSSR count). The summed E-state index contributed by atoms with van der Waals surface area (Å²) in [5, 5.41) is 4.65. The summed E-state index contributed by atoms with van der Waals surface area (Å²) in [4.78, 5) is 16.2. The van der Waals surface area contributed by atoms with E-state index in [1.165, 1.54) is 33.0 Å². The summed E-state index contributed by atoms with van der Waals surface area (Å²) >= 11 is 0. The Morgan fingerprint density at radius 2 is 0.677 bits per heavy atom. The summed E-state index contributed by atoms with van der Waals surface area (Å²) in [5.41, 5.74) is 14.0. The van der Waals surface area contributed by atoms with E-state index in [0.717, 1.165) is 60.8 Å². The molecule has 62 heavy (non-hydrogen) atoms. The minimum absolute atomic E-state index is 0.560. The molecule has 12 aromatic rings. The molecule has 3 aromatic heterocycles. The van der Waals surface area contributed by atoms with Crippen molar-refractivity contribution >= 4 is 43.6 Å². The quantitative estimate of drug-likeness (QED) is 0.162. The zero-order valence-corrected chi connectivity index (χ0v) is 33.6. The molecule has 0 fully saturated rings. The minimum Gasteiger partial charge on any atom is -0.309 e. The predicted molar refractivity (Wildman–Crippen MR) is 256 cm³/mol. The van der Waals surface area contributed by atoms with Crippen molar-refractivity contribution in [2.24, 2.45) is 0 Å². The Kier molecular flexibility index (Phi) is 8.42. The van der Waals surface area contributed by atoms with E-state index < -0.39 is 0 Å². The van der Waals surface area contributed by atoms with Gasteiger partial charge in [0.15, 0.2) is 11.6 Å². The van der Waals surface area contributed by atoms with Gasteiger partial charge >= 0.3 is 0 Å². The van der Waals surface area contributed by atoms with Crippen LogP contribution >= 0.6 is 0 Å². The van der Waals surface area contributed by atoms with Crippen molar-refractivity contribution in [2.75, 3.05) is 0 Å². The molecule has 0 aliphatic rings. The highest BCUT2D eigenvalue weighted by atomic mass is 15.2. The van der Waals surface area contributed by atoms with Crippen LogP contribution in [0.25, 0.3) is 111 Å². The first-order chi connectivity index (χ1) is 30.8. The minimum atomic E-state index is 0.560. The van der Waals surface area contributed by atoms with Crippen LogP contribution in [-0.2, 0) is 0 Å². The Bertz CT molecular complexity index is 3570. The molecule has 9 aromatic carbocycles. The van der Waals surface area contributed by atoms with Crippen LogP contribution in [0.15, 0.2) is 224 Å². The van der Waals surface area contributed by atoms with E-state index in [9.17, 15) is 0 Å². The third-order valence-electron chi connectivity index (χ3n) is 12.0. The molecule has 0 amide bonds. The molecule has 0 aliphatic heterocycles. The molecular weight excluding hydrogens is 755 g/mol. The summed E-state index contributed by atoms with van der Waals surface area (Å²) in [6.45, 7) is 0. The molecular formula is C57H37N5. The maximum absolute atomic E-state index is 5.42. The number of fused-ring (bicyclic) bond motifs is 6. The third-order valence-corrected chi connectivity index (χ3v) is 12.0. The van der Waals surface area contributed by atoms with Gasteiger partial charge in [0.05, 0.1) is 27.8 Å². The second-order valence-corrected chi connectivity index (χ2v) is 15.6. The molecule has 5 nitrogen and oxygen atoms in total. The van der Waals surface area contributed by atoms with Crippen LogP contribution in [0.1, 0.15) is 0 Å². The van der Waals surface area contributed by atoms with Crippen molar-refractivity contribution in [3.8, 4) is 67.8 Å². The number of hydrogen-bond acceptors (Lipinski definition) is 3. The smallest absolute Gasteiger partial charge is 0.238 e. The SMILES string of the molecule is c1ccc(-c2ccc(-c3ccc4c(c3)c3ccccc3n4-c3ccccc3-c3nc(-c4ccccc4-c4ccccc4)nc(-n4c5ccccc5c5ccccc54)n3)cc2)cc1. The monoisotopic (exact) mass is 791 g/mol. The fourth-order valence-corrected chi connectivity index (χ4v) is 9.15. The molecule has 0 unspecified atom stereocenters. The molecule has 0 atom stereocenters. The zero-order valence-electron chi connectivity index (χ0n) is 33.6. The van der Waals surface area contributed by atoms with Gasteiger partial charge in [-0.2, -0.15) is 9.97 Å². The zero-order chi connectivity index (χ0) is 41.0. The standard InChI is InChI=1S/C57H37N5/c1-3-17-38(18-4-1)39-31-33-40(34-32-39)42-35-36-54-49(37-42)46-24-11-13-27-50(46)61(54)53-30-16-12-26-48(53)56-58-55(47-25-8-7-21-43(47)41-19-5-2-6-20-41)59-57(60-56)62-51-28-14-9-22-44(51)45-23-10-15-29-52(45)62/h1-37H. The second-order valence-electron chi connectivity index (χ2n) is 15.6. The van der Waals surface area contributed by atoms with Crippen LogP contribution in [-0.4, -0.2) is 24.1 Å². The molecule has 0 bridgehead atoms. The van der Waals surface area contributed by atoms with Crippen molar-refractivity contribution in [1.29, 1.82) is 0 Å². The fourth-order valence-electron chi connectivity index (χ4n) is 9.15. The Labute approximate surface area is 358 Å². The maximum atomic E-state index is 5.42. The molecule has 0 radical (unpaired) electrons. The fraction of sp³-hybridized carbons (Fsp3) is 0. The first kappa shape index (κ1) is 35.5. The highest BCUT2D eigenvalue weighted by molar-refractivity contribution is 6.11. The van der Waals surface area contributed by atoms with Gasteiger partial charge < -0.3 is 4.57 Å². The molecule has 290 valence electrons. The molecule has 3 heterocycles. The number of hydrogen-bond donors (Lipinski definition) is 0. The number of para-hydroxylation sites is 4. The number of aromatic nitrogens is 5. The number of nitrogens with zero attached hydrogens (tertiary/aromatic N) is 5. The van der Waals surface area contributed by atoms with Gasteiger partial charge in [-0.05, 0) is 75.8 Å². The average Bonchev–Trinajstić information content (AvgIpc) is 3.87. The predicted octanol–water partition coefficient (Wildman–Crippen LogP) is 14.4. The topological polar surface area (TPSA) is 48.5 Å². The lowest BCUT2D eigenvalue weighted by molar-refractivity contribution is 0.952. The summed E-state index contributed by atoms with van der Waals surface area (Å²) < 4.78 is 4.55. The molecule has 0 spiro atoms. The Balaban J connectivity index is 1.07. The summed E-state index contributed by atoms with van der Waals surface area (Å²) in [6, 6.07) is 79.2. The Morgan fingerprint density at radius 1 is 0.258 bits per heavy atom. The van der Waals surface area contributed by atoms with Gasteiger partial charge in [0.2, 0.25) is 5.95 Å². The van der Waals surface area contributed by atoms with Gasteiger partial charge in [0, 0.05) is 32.7 Å². The lowest BCUT2D eigenvalue weighted by atomic mass is 9.99. The van der Waals surface area contributed by atoms with Crippen LogP contribution in [0.5, 0.6) is 0 Å². The first-order valence-corrected chi connectivity index (χ1v) is 21.0. The van der Waals surface area contributed by atoms with Gasteiger partial charge in [-0.3, -0.25) is 4.57 Å². The van der Waals surface area contributed by atoms with E-state index in [0.29, 0.717) is 17.6 Å². The lowest BCUT2D eigenvalue weighted by Gasteiger charge is -2.16. The van der Waals surface area contributed by atoms with Crippen molar-refractivity contribution in [3.63, 3.8) is 0 Å². The van der Waals surface area contributed by atoms with Crippen molar-refractivity contribution < 1.29 is 0 Å². The van der Waals surface area contributed by atoms with Gasteiger partial charge in [-0.15, -0.1) is 0 Å². The maximum Gasteiger partial charge on any atom is 0.238 e. The van der Waals surface area contributed by atoms with E-state index in [2.05, 4.69) is 228 Å². The third kappa shape index (κ3) is 5.90. The van der Waals surface area contributed by atoms with E-state index >= 15 is 0 Å². The van der Waals surface area contributed by atoms with Crippen LogP contribution in [0, 0.1) is 0 Å². The van der Waals surface area contributed by atoms with Crippen LogP contribution in [0.4, 0.5) is 0 Å². The Hall–Kier alpha value is -8.41. The highest BCUT2D eigenvalue weighted by Gasteiger charge is 2.22. The van der Waals surface area contributed by atoms with E-state index in [-0.39, 0.29) is 0 Å². The van der Waals surface area contributed by atoms with Crippen molar-refractivity contribution in [3.05, 3.63) is 224 Å². The van der Waals surface area contributed by atoms with E-state index in [1.54, 1.807) is 0 Å². The first-order valence-electron chi connectivity index (χ1n) is 21.0. The van der Waals surface area contributed by atoms with Gasteiger partial charge in [-0.25, -0.2) is 4.98 Å². The molecule has 0 aliphatic carbocycles. The van der Waals surface area contributed by atoms with E-state index in [4.69, 9.17) is 15.0 Å². The number of benzene rings is 9. The largest absolute Gasteiger partial charge is 0.309 e. The van der Waals surface area contributed by atoms with Gasteiger partial charge in [-0.1, -0.05) is 182 Å². The molecule has 0 N–H and O–H groups in total.